The lowest BCUT2D eigenvalue weighted by molar-refractivity contribution is 0.0526. The topological polar surface area (TPSA) is 29.5 Å². The number of carbonyl (C=O) groups excluding carboxylic acids is 1. The minimum Gasteiger partial charge on any atom is -0.462 e. The van der Waals surface area contributed by atoms with E-state index in [1.54, 1.807) is 19.1 Å². The van der Waals surface area contributed by atoms with E-state index in [0.29, 0.717) is 12.2 Å². The average Bonchev–Trinajstić information content (AvgIpc) is 2.76. The Morgan fingerprint density at radius 1 is 1.47 bits per heavy atom. The molecule has 1 aliphatic heterocycles. The lowest BCUT2D eigenvalue weighted by Gasteiger charge is -2.17. The van der Waals surface area contributed by atoms with E-state index >= 15 is 0 Å². The number of nitrogens with zero attached hydrogens (tertiary/aromatic N) is 1. The summed E-state index contributed by atoms with van der Waals surface area (Å²) in [7, 11) is 0. The number of anilines is 1. The maximum Gasteiger partial charge on any atom is 0.338 e. The molecule has 3 nitrogen and oxygen atoms in total. The van der Waals surface area contributed by atoms with Gasteiger partial charge in [0.2, 0.25) is 0 Å². The van der Waals surface area contributed by atoms with Gasteiger partial charge in [-0.15, -0.1) is 11.6 Å². The summed E-state index contributed by atoms with van der Waals surface area (Å²) in [6.07, 6.45) is 1.02. The Kier molecular flexibility index (Phi) is 3.89. The molecule has 1 aliphatic rings. The highest BCUT2D eigenvalue weighted by Gasteiger charge is 2.20. The molecule has 1 aromatic carbocycles. The van der Waals surface area contributed by atoms with Crippen LogP contribution in [-0.4, -0.2) is 31.0 Å². The van der Waals surface area contributed by atoms with Gasteiger partial charge in [0.05, 0.1) is 17.5 Å². The molecule has 0 aliphatic carbocycles. The maximum absolute atomic E-state index is 11.5. The zero-order chi connectivity index (χ0) is 12.3. The Morgan fingerprint density at radius 3 is 2.71 bits per heavy atom. The van der Waals surface area contributed by atoms with Gasteiger partial charge in [0.1, 0.15) is 0 Å². The summed E-state index contributed by atoms with van der Waals surface area (Å²) in [5.41, 5.74) is 1.71. The molecule has 0 bridgehead atoms. The number of carbonyl (C=O) groups is 1. The molecule has 1 atom stereocenters. The van der Waals surface area contributed by atoms with Crippen molar-refractivity contribution in [3.8, 4) is 0 Å². The molecule has 2 rings (SSSR count). The molecule has 0 spiro atoms. The average molecular weight is 254 g/mol. The molecule has 1 aromatic rings. The van der Waals surface area contributed by atoms with Crippen LogP contribution in [-0.2, 0) is 4.74 Å². The number of benzene rings is 1. The molecule has 1 fully saturated rings. The van der Waals surface area contributed by atoms with Gasteiger partial charge in [-0.2, -0.15) is 0 Å². The van der Waals surface area contributed by atoms with Gasteiger partial charge < -0.3 is 9.64 Å². The van der Waals surface area contributed by atoms with E-state index < -0.39 is 0 Å². The molecule has 1 heterocycles. The van der Waals surface area contributed by atoms with Crippen molar-refractivity contribution in [3.63, 3.8) is 0 Å². The largest absolute Gasteiger partial charge is 0.462 e. The Morgan fingerprint density at radius 2 is 2.18 bits per heavy atom. The van der Waals surface area contributed by atoms with Crippen LogP contribution >= 0.6 is 11.6 Å². The van der Waals surface area contributed by atoms with Crippen molar-refractivity contribution in [2.24, 2.45) is 0 Å². The zero-order valence-electron chi connectivity index (χ0n) is 9.86. The smallest absolute Gasteiger partial charge is 0.338 e. The predicted molar refractivity (Wildman–Crippen MR) is 68.9 cm³/mol. The Bertz CT molecular complexity index is 391. The van der Waals surface area contributed by atoms with Gasteiger partial charge >= 0.3 is 5.97 Å². The third-order valence-corrected chi connectivity index (χ3v) is 3.23. The van der Waals surface area contributed by atoms with E-state index in [-0.39, 0.29) is 11.3 Å². The predicted octanol–water partition coefficient (Wildman–Crippen LogP) is 2.68. The summed E-state index contributed by atoms with van der Waals surface area (Å²) < 4.78 is 4.94. The van der Waals surface area contributed by atoms with Gasteiger partial charge in [0.25, 0.3) is 0 Å². The minimum atomic E-state index is -0.268. The van der Waals surface area contributed by atoms with Crippen molar-refractivity contribution in [2.75, 3.05) is 24.6 Å². The number of hydrogen-bond acceptors (Lipinski definition) is 3. The monoisotopic (exact) mass is 253 g/mol. The van der Waals surface area contributed by atoms with Crippen molar-refractivity contribution in [2.45, 2.75) is 18.7 Å². The first-order valence-electron chi connectivity index (χ1n) is 5.87. The maximum atomic E-state index is 11.5. The van der Waals surface area contributed by atoms with Crippen LogP contribution in [0, 0.1) is 0 Å². The van der Waals surface area contributed by atoms with Crippen molar-refractivity contribution in [1.29, 1.82) is 0 Å². The van der Waals surface area contributed by atoms with Crippen LogP contribution in [0.2, 0.25) is 0 Å². The minimum absolute atomic E-state index is 0.236. The second kappa shape index (κ2) is 5.41. The van der Waals surface area contributed by atoms with Crippen LogP contribution in [0.15, 0.2) is 24.3 Å². The highest BCUT2D eigenvalue weighted by Crippen LogP contribution is 2.23. The zero-order valence-corrected chi connectivity index (χ0v) is 10.6. The van der Waals surface area contributed by atoms with Crippen molar-refractivity contribution >= 4 is 23.3 Å². The highest BCUT2D eigenvalue weighted by molar-refractivity contribution is 6.21. The number of hydrogen-bond donors (Lipinski definition) is 0. The molecular formula is C13H16ClNO2. The molecule has 92 valence electrons. The van der Waals surface area contributed by atoms with Crippen molar-refractivity contribution < 1.29 is 9.53 Å². The summed E-state index contributed by atoms with van der Waals surface area (Å²) in [5, 5.41) is 0.236. The number of rotatable bonds is 3. The Hall–Kier alpha value is -1.22. The lowest BCUT2D eigenvalue weighted by atomic mass is 10.2. The molecule has 0 radical (unpaired) electrons. The third-order valence-electron chi connectivity index (χ3n) is 2.87. The van der Waals surface area contributed by atoms with Crippen LogP contribution in [0.25, 0.3) is 0 Å². The van der Waals surface area contributed by atoms with Gasteiger partial charge in [-0.05, 0) is 37.6 Å². The number of halogens is 1. The van der Waals surface area contributed by atoms with Gasteiger partial charge in [-0.25, -0.2) is 4.79 Å². The molecule has 0 N–H and O–H groups in total. The fourth-order valence-electron chi connectivity index (χ4n) is 1.97. The molecule has 17 heavy (non-hydrogen) atoms. The van der Waals surface area contributed by atoms with Crippen LogP contribution in [0.4, 0.5) is 5.69 Å². The van der Waals surface area contributed by atoms with Crippen LogP contribution in [0.1, 0.15) is 23.7 Å². The first kappa shape index (κ1) is 12.2. The summed E-state index contributed by atoms with van der Waals surface area (Å²) in [6, 6.07) is 7.49. The quantitative estimate of drug-likeness (QED) is 0.613. The van der Waals surface area contributed by atoms with E-state index in [2.05, 4.69) is 4.90 Å². The molecule has 0 aromatic heterocycles. The van der Waals surface area contributed by atoms with Crippen molar-refractivity contribution in [3.05, 3.63) is 29.8 Å². The number of esters is 1. The Labute approximate surface area is 106 Å². The van der Waals surface area contributed by atoms with E-state index in [1.807, 2.05) is 12.1 Å². The van der Waals surface area contributed by atoms with Gasteiger partial charge in [-0.3, -0.25) is 0 Å². The first-order valence-corrected chi connectivity index (χ1v) is 6.30. The van der Waals surface area contributed by atoms with Crippen LogP contribution < -0.4 is 4.90 Å². The van der Waals surface area contributed by atoms with Gasteiger partial charge in [0, 0.05) is 18.8 Å². The second-order valence-electron chi connectivity index (χ2n) is 4.10. The first-order chi connectivity index (χ1) is 8.20. The Balaban J connectivity index is 2.05. The molecule has 1 saturated heterocycles. The van der Waals surface area contributed by atoms with E-state index in [4.69, 9.17) is 16.3 Å². The van der Waals surface area contributed by atoms with E-state index in [1.165, 1.54) is 0 Å². The SMILES string of the molecule is CCOC(=O)c1ccc(N2CCC(Cl)C2)cc1. The number of ether oxygens (including phenoxy) is 1. The fraction of sp³-hybridized carbons (Fsp3) is 0.462. The fourth-order valence-corrected chi connectivity index (χ4v) is 2.24. The highest BCUT2D eigenvalue weighted by atomic mass is 35.5. The normalized spacial score (nSPS) is 19.4. The summed E-state index contributed by atoms with van der Waals surface area (Å²) in [6.45, 7) is 4.06. The van der Waals surface area contributed by atoms with E-state index in [9.17, 15) is 4.79 Å². The molecule has 0 saturated carbocycles. The summed E-state index contributed by atoms with van der Waals surface area (Å²) in [4.78, 5) is 13.7. The molecule has 4 heteroatoms. The molecular weight excluding hydrogens is 238 g/mol. The summed E-state index contributed by atoms with van der Waals surface area (Å²) >= 11 is 6.06. The van der Waals surface area contributed by atoms with Crippen molar-refractivity contribution in [1.82, 2.24) is 0 Å². The molecule has 0 amide bonds. The van der Waals surface area contributed by atoms with Crippen LogP contribution in [0.3, 0.4) is 0 Å². The van der Waals surface area contributed by atoms with Gasteiger partial charge in [0.15, 0.2) is 0 Å². The molecule has 1 unspecified atom stereocenters. The third kappa shape index (κ3) is 2.91. The van der Waals surface area contributed by atoms with Gasteiger partial charge in [-0.1, -0.05) is 0 Å². The summed E-state index contributed by atoms with van der Waals surface area (Å²) in [5.74, 6) is -0.268. The van der Waals surface area contributed by atoms with Crippen LogP contribution in [0.5, 0.6) is 0 Å². The second-order valence-corrected chi connectivity index (χ2v) is 4.72. The standard InChI is InChI=1S/C13H16ClNO2/c1-2-17-13(16)10-3-5-12(6-4-10)15-8-7-11(14)9-15/h3-6,11H,2,7-9H2,1H3. The van der Waals surface area contributed by atoms with E-state index in [0.717, 1.165) is 25.2 Å². The number of alkyl halides is 1. The lowest BCUT2D eigenvalue weighted by Crippen LogP contribution is -2.19.